The van der Waals surface area contributed by atoms with Gasteiger partial charge in [0.25, 0.3) is 0 Å². The average Bonchev–Trinajstić information content (AvgIpc) is 2.36. The Bertz CT molecular complexity index is 508. The Morgan fingerprint density at radius 3 is 2.58 bits per heavy atom. The van der Waals surface area contributed by atoms with Crippen molar-refractivity contribution in [1.29, 1.82) is 0 Å². The molecule has 1 aromatic rings. The Labute approximate surface area is 119 Å². The molecule has 0 fully saturated rings. The summed E-state index contributed by atoms with van der Waals surface area (Å²) in [5.74, 6) is -1.42. The van der Waals surface area contributed by atoms with Crippen molar-refractivity contribution in [1.82, 2.24) is 5.32 Å². The van der Waals surface area contributed by atoms with Crippen molar-refractivity contribution < 1.29 is 19.8 Å². The normalized spacial score (nSPS) is 11.8. The van der Waals surface area contributed by atoms with Crippen LogP contribution in [0, 0.1) is 6.92 Å². The summed E-state index contributed by atoms with van der Waals surface area (Å²) in [7, 11) is 0. The van der Waals surface area contributed by atoms with Gasteiger partial charge in [0.2, 0.25) is 0 Å². The van der Waals surface area contributed by atoms with Crippen molar-refractivity contribution in [2.24, 2.45) is 0 Å². The van der Waals surface area contributed by atoms with Crippen LogP contribution in [0.2, 0.25) is 10.0 Å². The van der Waals surface area contributed by atoms with Crippen molar-refractivity contribution in [2.75, 3.05) is 11.9 Å². The van der Waals surface area contributed by atoms with Gasteiger partial charge in [-0.25, -0.2) is 9.59 Å². The van der Waals surface area contributed by atoms with Crippen LogP contribution in [0.4, 0.5) is 10.5 Å². The van der Waals surface area contributed by atoms with Crippen LogP contribution in [0.5, 0.6) is 0 Å². The van der Waals surface area contributed by atoms with Crippen molar-refractivity contribution in [3.8, 4) is 0 Å². The first-order valence-electron chi connectivity index (χ1n) is 5.23. The number of aryl methyl sites for hydroxylation is 1. The second kappa shape index (κ2) is 6.60. The number of carboxylic acid groups (broad SMARTS) is 1. The van der Waals surface area contributed by atoms with E-state index in [1.807, 2.05) is 0 Å². The summed E-state index contributed by atoms with van der Waals surface area (Å²) in [5, 5.41) is 22.6. The first-order valence-corrected chi connectivity index (χ1v) is 5.99. The summed E-state index contributed by atoms with van der Waals surface area (Å²) in [6.45, 7) is 1.32. The van der Waals surface area contributed by atoms with Gasteiger partial charge in [-0.3, -0.25) is 0 Å². The number of hydrogen-bond donors (Lipinski definition) is 4. The first-order chi connectivity index (χ1) is 8.82. The van der Waals surface area contributed by atoms with E-state index in [1.54, 1.807) is 19.1 Å². The van der Waals surface area contributed by atoms with E-state index in [4.69, 9.17) is 33.4 Å². The van der Waals surface area contributed by atoms with Crippen LogP contribution in [-0.2, 0) is 4.79 Å². The number of aliphatic carboxylic acids is 1. The van der Waals surface area contributed by atoms with E-state index in [-0.39, 0.29) is 10.7 Å². The summed E-state index contributed by atoms with van der Waals surface area (Å²) in [4.78, 5) is 21.9. The standard InChI is InChI=1S/C11H12Cl2N2O4/c1-5-2-3-6(12)9(8(5)13)15-11(19)14-4-7(16)10(17)18/h2-3,7,16H,4H2,1H3,(H,17,18)(H2,14,15,19). The molecule has 104 valence electrons. The zero-order valence-corrected chi connectivity index (χ0v) is 11.4. The Kier molecular flexibility index (Phi) is 5.41. The fourth-order valence-electron chi connectivity index (χ4n) is 1.21. The number of anilines is 1. The second-order valence-corrected chi connectivity index (χ2v) is 4.53. The van der Waals surface area contributed by atoms with Gasteiger partial charge in [0.05, 0.1) is 22.3 Å². The number of nitrogens with one attached hydrogen (secondary N) is 2. The second-order valence-electron chi connectivity index (χ2n) is 3.74. The topological polar surface area (TPSA) is 98.7 Å². The minimum atomic E-state index is -1.67. The molecule has 0 aliphatic carbocycles. The van der Waals surface area contributed by atoms with Crippen molar-refractivity contribution in [2.45, 2.75) is 13.0 Å². The van der Waals surface area contributed by atoms with Crippen LogP contribution in [-0.4, -0.2) is 34.9 Å². The Morgan fingerprint density at radius 1 is 1.37 bits per heavy atom. The minimum absolute atomic E-state index is 0.227. The molecule has 1 aromatic carbocycles. The fourth-order valence-corrected chi connectivity index (χ4v) is 1.67. The molecule has 0 saturated carbocycles. The lowest BCUT2D eigenvalue weighted by Gasteiger charge is -2.12. The van der Waals surface area contributed by atoms with Gasteiger partial charge in [-0.05, 0) is 18.6 Å². The molecule has 0 spiro atoms. The Morgan fingerprint density at radius 2 is 2.00 bits per heavy atom. The molecule has 0 aliphatic rings. The smallest absolute Gasteiger partial charge is 0.334 e. The summed E-state index contributed by atoms with van der Waals surface area (Å²) in [6, 6.07) is 2.56. The number of amides is 2. The van der Waals surface area contributed by atoms with Crippen molar-refractivity contribution in [3.63, 3.8) is 0 Å². The lowest BCUT2D eigenvalue weighted by atomic mass is 10.2. The molecule has 4 N–H and O–H groups in total. The highest BCUT2D eigenvalue weighted by atomic mass is 35.5. The summed E-state index contributed by atoms with van der Waals surface area (Å²) in [6.07, 6.45) is -1.67. The third kappa shape index (κ3) is 4.27. The maximum atomic E-state index is 11.5. The molecule has 1 rings (SSSR count). The molecule has 1 atom stereocenters. The van der Waals surface area contributed by atoms with E-state index in [0.717, 1.165) is 5.56 Å². The van der Waals surface area contributed by atoms with Crippen molar-refractivity contribution in [3.05, 3.63) is 27.7 Å². The number of aliphatic hydroxyl groups excluding tert-OH is 1. The molecule has 6 nitrogen and oxygen atoms in total. The molecule has 2 amide bonds. The average molecular weight is 307 g/mol. The third-order valence-corrected chi connectivity index (χ3v) is 3.07. The lowest BCUT2D eigenvalue weighted by Crippen LogP contribution is -2.38. The van der Waals surface area contributed by atoms with Gasteiger partial charge >= 0.3 is 12.0 Å². The Balaban J connectivity index is 2.68. The zero-order valence-electron chi connectivity index (χ0n) is 9.91. The van der Waals surface area contributed by atoms with Gasteiger partial charge < -0.3 is 20.8 Å². The van der Waals surface area contributed by atoms with Crippen LogP contribution in [0.3, 0.4) is 0 Å². The van der Waals surface area contributed by atoms with E-state index in [0.29, 0.717) is 5.02 Å². The number of urea groups is 1. The summed E-state index contributed by atoms with van der Waals surface area (Å²) in [5.41, 5.74) is 0.956. The van der Waals surface area contributed by atoms with Crippen LogP contribution >= 0.6 is 23.2 Å². The van der Waals surface area contributed by atoms with Crippen LogP contribution in [0.1, 0.15) is 5.56 Å². The Hall–Kier alpha value is -1.50. The molecule has 19 heavy (non-hydrogen) atoms. The molecule has 0 heterocycles. The number of carbonyl (C=O) groups is 2. The maximum absolute atomic E-state index is 11.5. The molecule has 0 aromatic heterocycles. The van der Waals surface area contributed by atoms with E-state index in [1.165, 1.54) is 0 Å². The molecule has 0 aliphatic heterocycles. The predicted molar refractivity (Wildman–Crippen MR) is 71.9 cm³/mol. The minimum Gasteiger partial charge on any atom is -0.479 e. The number of hydrogen-bond acceptors (Lipinski definition) is 3. The van der Waals surface area contributed by atoms with Crippen LogP contribution < -0.4 is 10.6 Å². The summed E-state index contributed by atoms with van der Waals surface area (Å²) < 4.78 is 0. The molecule has 0 radical (unpaired) electrons. The monoisotopic (exact) mass is 306 g/mol. The quantitative estimate of drug-likeness (QED) is 0.682. The van der Waals surface area contributed by atoms with Gasteiger partial charge in [0.1, 0.15) is 0 Å². The number of halogens is 2. The molecule has 0 bridgehead atoms. The maximum Gasteiger partial charge on any atom is 0.334 e. The number of rotatable bonds is 4. The summed E-state index contributed by atoms with van der Waals surface area (Å²) >= 11 is 11.9. The third-order valence-electron chi connectivity index (χ3n) is 2.26. The number of benzene rings is 1. The molecule has 0 saturated heterocycles. The highest BCUT2D eigenvalue weighted by Crippen LogP contribution is 2.32. The van der Waals surface area contributed by atoms with E-state index in [9.17, 15) is 9.59 Å². The van der Waals surface area contributed by atoms with Gasteiger partial charge in [0.15, 0.2) is 6.10 Å². The highest BCUT2D eigenvalue weighted by molar-refractivity contribution is 6.40. The fraction of sp³-hybridized carbons (Fsp3) is 0.273. The molecular formula is C11H12Cl2N2O4. The predicted octanol–water partition coefficient (Wildman–Crippen LogP) is 1.87. The SMILES string of the molecule is Cc1ccc(Cl)c(NC(=O)NCC(O)C(=O)O)c1Cl. The van der Waals surface area contributed by atoms with E-state index >= 15 is 0 Å². The number of carboxylic acids is 1. The van der Waals surface area contributed by atoms with Crippen LogP contribution in [0.15, 0.2) is 12.1 Å². The van der Waals surface area contributed by atoms with Crippen LogP contribution in [0.25, 0.3) is 0 Å². The van der Waals surface area contributed by atoms with Gasteiger partial charge in [0, 0.05) is 0 Å². The van der Waals surface area contributed by atoms with Gasteiger partial charge in [-0.2, -0.15) is 0 Å². The first kappa shape index (κ1) is 15.6. The zero-order chi connectivity index (χ0) is 14.6. The van der Waals surface area contributed by atoms with E-state index < -0.39 is 24.6 Å². The van der Waals surface area contributed by atoms with E-state index in [2.05, 4.69) is 10.6 Å². The molecule has 1 unspecified atom stereocenters. The molecular weight excluding hydrogens is 295 g/mol. The molecule has 8 heteroatoms. The largest absolute Gasteiger partial charge is 0.479 e. The number of aliphatic hydroxyl groups is 1. The van der Waals surface area contributed by atoms with Crippen molar-refractivity contribution >= 4 is 40.9 Å². The number of carbonyl (C=O) groups excluding carboxylic acids is 1. The van der Waals surface area contributed by atoms with Gasteiger partial charge in [-0.1, -0.05) is 29.3 Å². The van der Waals surface area contributed by atoms with Gasteiger partial charge in [-0.15, -0.1) is 0 Å². The lowest BCUT2D eigenvalue weighted by molar-refractivity contribution is -0.146. The highest BCUT2D eigenvalue weighted by Gasteiger charge is 2.16.